The van der Waals surface area contributed by atoms with E-state index in [1.165, 1.54) is 24.3 Å². The maximum absolute atomic E-state index is 12.3. The number of rotatable bonds is 2. The highest BCUT2D eigenvalue weighted by Gasteiger charge is 2.40. The molecule has 0 aliphatic carbocycles. The molecule has 0 heterocycles. The lowest BCUT2D eigenvalue weighted by molar-refractivity contribution is -0.148. The third kappa shape index (κ3) is 2.44. The molecule has 2 nitrogen and oxygen atoms in total. The van der Waals surface area contributed by atoms with Gasteiger partial charge in [-0.15, -0.1) is 0 Å². The molecule has 0 N–H and O–H groups in total. The van der Waals surface area contributed by atoms with Gasteiger partial charge in [-0.25, -0.2) is 4.79 Å². The molecule has 1 unspecified atom stereocenters. The predicted octanol–water partition coefficient (Wildman–Crippen LogP) is 2.63. The van der Waals surface area contributed by atoms with Gasteiger partial charge in [0.1, 0.15) is 0 Å². The van der Waals surface area contributed by atoms with Gasteiger partial charge in [0.05, 0.1) is 0 Å². The van der Waals surface area contributed by atoms with Crippen molar-refractivity contribution < 1.29 is 18.0 Å². The van der Waals surface area contributed by atoms with Crippen LogP contribution in [-0.4, -0.2) is 12.3 Å². The second kappa shape index (κ2) is 4.07. The summed E-state index contributed by atoms with van der Waals surface area (Å²) in [5, 5.41) is 0. The summed E-state index contributed by atoms with van der Waals surface area (Å²) >= 11 is 0. The molecule has 0 fully saturated rings. The fourth-order valence-corrected chi connectivity index (χ4v) is 1.02. The Morgan fingerprint density at radius 1 is 1.21 bits per heavy atom. The Balaban J connectivity index is 3.07. The molecule has 74 valence electrons. The maximum atomic E-state index is 12.3. The van der Waals surface area contributed by atoms with Crippen LogP contribution in [0.4, 0.5) is 13.2 Å². The van der Waals surface area contributed by atoms with Gasteiger partial charge >= 0.3 is 6.18 Å². The van der Waals surface area contributed by atoms with Crippen LogP contribution in [0.1, 0.15) is 11.6 Å². The van der Waals surface area contributed by atoms with E-state index >= 15 is 0 Å². The van der Waals surface area contributed by atoms with Gasteiger partial charge < -0.3 is 0 Å². The minimum atomic E-state index is -4.56. The van der Waals surface area contributed by atoms with Crippen LogP contribution in [0, 0.1) is 0 Å². The third-order valence-corrected chi connectivity index (χ3v) is 1.61. The van der Waals surface area contributed by atoms with Gasteiger partial charge in [-0.05, 0) is 5.56 Å². The van der Waals surface area contributed by atoms with E-state index in [1.807, 2.05) is 0 Å². The van der Waals surface area contributed by atoms with Crippen LogP contribution in [0.3, 0.4) is 0 Å². The van der Waals surface area contributed by atoms with E-state index in [4.69, 9.17) is 0 Å². The molecule has 1 rings (SSSR count). The lowest BCUT2D eigenvalue weighted by Gasteiger charge is -2.14. The van der Waals surface area contributed by atoms with Crippen molar-refractivity contribution in [1.29, 1.82) is 0 Å². The number of alkyl halides is 3. The summed E-state index contributed by atoms with van der Waals surface area (Å²) in [5.41, 5.74) is -0.0663. The molecule has 0 saturated carbocycles. The summed E-state index contributed by atoms with van der Waals surface area (Å²) in [6, 6.07) is 4.91. The highest BCUT2D eigenvalue weighted by Crippen LogP contribution is 2.35. The molecule has 0 aromatic heterocycles. The first-order chi connectivity index (χ1) is 6.55. The van der Waals surface area contributed by atoms with Gasteiger partial charge in [0, 0.05) is 0 Å². The Morgan fingerprint density at radius 2 is 1.79 bits per heavy atom. The van der Waals surface area contributed by atoms with E-state index in [9.17, 15) is 18.0 Å². The van der Waals surface area contributed by atoms with Crippen LogP contribution in [0.2, 0.25) is 0 Å². The second-order valence-electron chi connectivity index (χ2n) is 2.58. The van der Waals surface area contributed by atoms with Crippen LogP contribution < -0.4 is 0 Å². The minimum Gasteiger partial charge on any atom is -0.211 e. The number of halogens is 3. The van der Waals surface area contributed by atoms with Crippen molar-refractivity contribution in [3.63, 3.8) is 0 Å². The first-order valence-electron chi connectivity index (χ1n) is 3.74. The zero-order chi connectivity index (χ0) is 10.6. The number of benzene rings is 1. The summed E-state index contributed by atoms with van der Waals surface area (Å²) in [5.74, 6) is 0. The van der Waals surface area contributed by atoms with E-state index in [0.29, 0.717) is 0 Å². The zero-order valence-electron chi connectivity index (χ0n) is 6.95. The lowest BCUT2D eigenvalue weighted by Crippen LogP contribution is -2.18. The molecule has 1 atom stereocenters. The summed E-state index contributed by atoms with van der Waals surface area (Å²) in [7, 11) is 0. The van der Waals surface area contributed by atoms with Gasteiger partial charge in [0.25, 0.3) is 0 Å². The van der Waals surface area contributed by atoms with Crippen molar-refractivity contribution in [2.24, 2.45) is 4.99 Å². The van der Waals surface area contributed by atoms with E-state index in [1.54, 1.807) is 6.07 Å². The standard InChI is InChI=1S/C9H6F3NO/c10-9(11,12)8(13-6-14)7-4-2-1-3-5-7/h1-5,8H. The Morgan fingerprint density at radius 3 is 2.21 bits per heavy atom. The molecule has 0 saturated heterocycles. The number of carbonyl (C=O) groups excluding carboxylic acids is 1. The van der Waals surface area contributed by atoms with E-state index in [0.717, 1.165) is 6.08 Å². The van der Waals surface area contributed by atoms with Gasteiger partial charge in [0.15, 0.2) is 6.04 Å². The molecular weight excluding hydrogens is 195 g/mol. The molecule has 0 aliphatic rings. The molecule has 1 aromatic rings. The molecule has 0 aliphatic heterocycles. The van der Waals surface area contributed by atoms with E-state index in [2.05, 4.69) is 4.99 Å². The van der Waals surface area contributed by atoms with E-state index in [-0.39, 0.29) is 5.56 Å². The van der Waals surface area contributed by atoms with Gasteiger partial charge in [-0.2, -0.15) is 18.2 Å². The van der Waals surface area contributed by atoms with Gasteiger partial charge in [-0.3, -0.25) is 0 Å². The van der Waals surface area contributed by atoms with Crippen LogP contribution in [0.5, 0.6) is 0 Å². The molecule has 0 bridgehead atoms. The number of aliphatic imine (C=N–C) groups is 1. The normalized spacial score (nSPS) is 13.1. The monoisotopic (exact) mass is 201 g/mol. The smallest absolute Gasteiger partial charge is 0.211 e. The minimum absolute atomic E-state index is 0.0663. The third-order valence-electron chi connectivity index (χ3n) is 1.61. The van der Waals surface area contributed by atoms with Crippen LogP contribution in [-0.2, 0) is 4.79 Å². The quantitative estimate of drug-likeness (QED) is 0.534. The molecule has 0 radical (unpaired) electrons. The summed E-state index contributed by atoms with van der Waals surface area (Å²) in [4.78, 5) is 12.6. The Hall–Kier alpha value is -1.61. The molecular formula is C9H6F3NO. The summed E-state index contributed by atoms with van der Waals surface area (Å²) in [6.45, 7) is 0. The van der Waals surface area contributed by atoms with Crippen molar-refractivity contribution in [2.45, 2.75) is 12.2 Å². The summed E-state index contributed by atoms with van der Waals surface area (Å²) < 4.78 is 37.0. The summed E-state index contributed by atoms with van der Waals surface area (Å²) in [6.07, 6.45) is -3.63. The lowest BCUT2D eigenvalue weighted by atomic mass is 10.1. The fourth-order valence-electron chi connectivity index (χ4n) is 1.02. The van der Waals surface area contributed by atoms with Gasteiger partial charge in [-0.1, -0.05) is 30.3 Å². The fraction of sp³-hybridized carbons (Fsp3) is 0.222. The highest BCUT2D eigenvalue weighted by molar-refractivity contribution is 5.36. The Labute approximate surface area is 78.1 Å². The second-order valence-corrected chi connectivity index (χ2v) is 2.58. The van der Waals surface area contributed by atoms with Crippen LogP contribution in [0.15, 0.2) is 35.3 Å². The Kier molecular flexibility index (Phi) is 3.04. The topological polar surface area (TPSA) is 29.4 Å². The van der Waals surface area contributed by atoms with Crippen LogP contribution in [0.25, 0.3) is 0 Å². The number of hydrogen-bond acceptors (Lipinski definition) is 2. The van der Waals surface area contributed by atoms with Crippen molar-refractivity contribution in [1.82, 2.24) is 0 Å². The highest BCUT2D eigenvalue weighted by atomic mass is 19.4. The van der Waals surface area contributed by atoms with E-state index < -0.39 is 12.2 Å². The maximum Gasteiger partial charge on any atom is 0.415 e. The molecule has 5 heteroatoms. The molecule has 0 spiro atoms. The average molecular weight is 201 g/mol. The SMILES string of the molecule is O=C=NC(c1ccccc1)C(F)(F)F. The van der Waals surface area contributed by atoms with Crippen molar-refractivity contribution in [3.05, 3.63) is 35.9 Å². The first kappa shape index (κ1) is 10.5. The van der Waals surface area contributed by atoms with Gasteiger partial charge in [0.2, 0.25) is 6.08 Å². The number of nitrogens with zero attached hydrogens (tertiary/aromatic N) is 1. The van der Waals surface area contributed by atoms with Crippen LogP contribution >= 0.6 is 0 Å². The largest absolute Gasteiger partial charge is 0.415 e. The first-order valence-corrected chi connectivity index (χ1v) is 3.74. The molecule has 14 heavy (non-hydrogen) atoms. The number of isocyanates is 1. The van der Waals surface area contributed by atoms with Crippen molar-refractivity contribution >= 4 is 6.08 Å². The molecule has 0 amide bonds. The van der Waals surface area contributed by atoms with Crippen molar-refractivity contribution in [2.75, 3.05) is 0 Å². The van der Waals surface area contributed by atoms with Crippen molar-refractivity contribution in [3.8, 4) is 0 Å². The average Bonchev–Trinajstić information content (AvgIpc) is 2.14. The molecule has 1 aromatic carbocycles. The number of hydrogen-bond donors (Lipinski definition) is 0. The zero-order valence-corrected chi connectivity index (χ0v) is 6.95. The Bertz CT molecular complexity index is 341. The predicted molar refractivity (Wildman–Crippen MR) is 43.4 cm³/mol.